The van der Waals surface area contributed by atoms with Gasteiger partial charge in [-0.1, -0.05) is 39.3 Å². The summed E-state index contributed by atoms with van der Waals surface area (Å²) in [6.07, 6.45) is 11.1. The minimum Gasteiger partial charge on any atom is -0.435 e. The summed E-state index contributed by atoms with van der Waals surface area (Å²) in [5, 5.41) is 10.7. The third-order valence-electron chi connectivity index (χ3n) is 10.1. The number of rotatable bonds is 4. The monoisotopic (exact) mass is 418 g/mol. The van der Waals surface area contributed by atoms with Crippen molar-refractivity contribution in [2.75, 3.05) is 13.2 Å². The third-order valence-corrected chi connectivity index (χ3v) is 10.1. The average molecular weight is 419 g/mol. The van der Waals surface area contributed by atoms with Crippen LogP contribution in [-0.4, -0.2) is 30.6 Å². The largest absolute Gasteiger partial charge is 0.508 e. The van der Waals surface area contributed by atoms with E-state index in [0.717, 1.165) is 37.0 Å². The molecule has 0 aromatic rings. The van der Waals surface area contributed by atoms with Crippen LogP contribution in [0.1, 0.15) is 86.0 Å². The maximum absolute atomic E-state index is 11.5. The first kappa shape index (κ1) is 22.2. The number of fused-ring (bicyclic) bond motifs is 5. The number of carbonyl (C=O) groups excluding carboxylic acids is 1. The van der Waals surface area contributed by atoms with Crippen molar-refractivity contribution in [1.29, 1.82) is 0 Å². The van der Waals surface area contributed by atoms with E-state index in [1.807, 2.05) is 0 Å². The predicted octanol–water partition coefficient (Wildman–Crippen LogP) is 6.13. The third kappa shape index (κ3) is 3.32. The average Bonchev–Trinajstić information content (AvgIpc) is 3.02. The first-order valence-electron chi connectivity index (χ1n) is 12.3. The van der Waals surface area contributed by atoms with Gasteiger partial charge in [-0.15, -0.1) is 0 Å². The normalized spacial score (nSPS) is 44.3. The maximum Gasteiger partial charge on any atom is 0.508 e. The summed E-state index contributed by atoms with van der Waals surface area (Å²) >= 11 is 0. The van der Waals surface area contributed by atoms with Gasteiger partial charge < -0.3 is 14.6 Å². The molecule has 170 valence electrons. The number of ether oxygens (including phenoxy) is 2. The number of carbonyl (C=O) groups is 1. The van der Waals surface area contributed by atoms with Crippen LogP contribution in [0.5, 0.6) is 0 Å². The van der Waals surface area contributed by atoms with Crippen molar-refractivity contribution >= 4 is 6.16 Å². The van der Waals surface area contributed by atoms with Gasteiger partial charge in [0.2, 0.25) is 0 Å². The molecule has 0 aliphatic heterocycles. The number of aliphatic hydroxyl groups excluding tert-OH is 1. The molecular formula is C26H42O4. The van der Waals surface area contributed by atoms with E-state index in [2.05, 4.69) is 33.8 Å². The van der Waals surface area contributed by atoms with Crippen LogP contribution in [0.4, 0.5) is 4.79 Å². The Morgan fingerprint density at radius 2 is 1.83 bits per heavy atom. The molecule has 0 saturated heterocycles. The molecule has 3 saturated carbocycles. The van der Waals surface area contributed by atoms with E-state index < -0.39 is 6.16 Å². The van der Waals surface area contributed by atoms with Gasteiger partial charge in [-0.3, -0.25) is 0 Å². The Morgan fingerprint density at radius 1 is 1.07 bits per heavy atom. The minimum absolute atomic E-state index is 0.0959. The standard InChI is InChI=1S/C26H42O4/c1-6-29-23(28)30-16-13-17-7-9-19-18-8-10-21-24(2,3)22(27)12-15-26(21,5)20(18)11-14-25(17,19)4/h10,17-20,22,27H,6-9,11-16H2,1-5H3/t17-,18+,19+,20+,22+,25-,26-/m1/s1. The van der Waals surface area contributed by atoms with Crippen molar-refractivity contribution in [2.24, 2.45) is 39.9 Å². The van der Waals surface area contributed by atoms with Gasteiger partial charge in [0.1, 0.15) is 0 Å². The Kier molecular flexibility index (Phi) is 5.79. The fourth-order valence-electron chi connectivity index (χ4n) is 8.42. The van der Waals surface area contributed by atoms with E-state index in [1.54, 1.807) is 6.92 Å². The Balaban J connectivity index is 1.49. The zero-order valence-electron chi connectivity index (χ0n) is 19.7. The summed E-state index contributed by atoms with van der Waals surface area (Å²) in [5.74, 6) is 2.92. The van der Waals surface area contributed by atoms with Gasteiger partial charge in [-0.2, -0.15) is 0 Å². The van der Waals surface area contributed by atoms with Gasteiger partial charge >= 0.3 is 6.16 Å². The van der Waals surface area contributed by atoms with Crippen LogP contribution >= 0.6 is 0 Å². The van der Waals surface area contributed by atoms with E-state index >= 15 is 0 Å². The lowest BCUT2D eigenvalue weighted by Gasteiger charge is -2.61. The second-order valence-corrected chi connectivity index (χ2v) is 11.6. The van der Waals surface area contributed by atoms with Crippen LogP contribution < -0.4 is 0 Å². The lowest BCUT2D eigenvalue weighted by atomic mass is 9.44. The van der Waals surface area contributed by atoms with Crippen LogP contribution in [0.25, 0.3) is 0 Å². The van der Waals surface area contributed by atoms with Gasteiger partial charge in [0.25, 0.3) is 0 Å². The SMILES string of the molecule is CCOC(=O)OCC[C@H]1CC[C@H]2[C@@H]3CC=C4C(C)(C)[C@@H](O)CC[C@]4(C)[C@H]3CC[C@]12C. The zero-order valence-corrected chi connectivity index (χ0v) is 19.7. The molecule has 30 heavy (non-hydrogen) atoms. The molecule has 0 heterocycles. The molecule has 0 amide bonds. The first-order valence-corrected chi connectivity index (χ1v) is 12.3. The second kappa shape index (κ2) is 7.83. The molecule has 0 aromatic carbocycles. The van der Waals surface area contributed by atoms with E-state index in [1.165, 1.54) is 37.7 Å². The van der Waals surface area contributed by atoms with Crippen molar-refractivity contribution in [3.8, 4) is 0 Å². The molecule has 0 spiro atoms. The molecule has 1 N–H and O–H groups in total. The number of hydrogen-bond donors (Lipinski definition) is 1. The summed E-state index contributed by atoms with van der Waals surface area (Å²) in [6, 6.07) is 0. The van der Waals surface area contributed by atoms with Crippen molar-refractivity contribution in [3.63, 3.8) is 0 Å². The molecular weight excluding hydrogens is 376 g/mol. The Labute approximate surface area is 182 Å². The second-order valence-electron chi connectivity index (χ2n) is 11.6. The van der Waals surface area contributed by atoms with Crippen molar-refractivity contribution in [2.45, 2.75) is 92.1 Å². The van der Waals surface area contributed by atoms with Crippen LogP contribution in [0.3, 0.4) is 0 Å². The molecule has 0 unspecified atom stereocenters. The molecule has 4 nitrogen and oxygen atoms in total. The molecule has 4 aliphatic carbocycles. The quantitative estimate of drug-likeness (QED) is 0.441. The molecule has 7 atom stereocenters. The van der Waals surface area contributed by atoms with Crippen LogP contribution in [-0.2, 0) is 9.47 Å². The highest BCUT2D eigenvalue weighted by Crippen LogP contribution is 2.68. The smallest absolute Gasteiger partial charge is 0.435 e. The summed E-state index contributed by atoms with van der Waals surface area (Å²) in [4.78, 5) is 11.5. The summed E-state index contributed by atoms with van der Waals surface area (Å²) < 4.78 is 10.2. The molecule has 0 bridgehead atoms. The highest BCUT2D eigenvalue weighted by molar-refractivity contribution is 5.59. The number of hydrogen-bond acceptors (Lipinski definition) is 4. The Bertz CT molecular complexity index is 697. The van der Waals surface area contributed by atoms with Gasteiger partial charge in [-0.25, -0.2) is 4.79 Å². The van der Waals surface area contributed by atoms with E-state index in [4.69, 9.17) is 9.47 Å². The molecule has 3 fully saturated rings. The fraction of sp³-hybridized carbons (Fsp3) is 0.885. The molecule has 0 radical (unpaired) electrons. The summed E-state index contributed by atoms with van der Waals surface area (Å²) in [5.41, 5.74) is 2.06. The zero-order chi connectivity index (χ0) is 21.7. The molecule has 4 rings (SSSR count). The number of allylic oxidation sites excluding steroid dienone is 1. The molecule has 4 aliphatic rings. The van der Waals surface area contributed by atoms with Crippen molar-refractivity contribution < 1.29 is 19.4 Å². The summed E-state index contributed by atoms with van der Waals surface area (Å²) in [7, 11) is 0. The lowest BCUT2D eigenvalue weighted by Crippen LogP contribution is -2.54. The number of aliphatic hydroxyl groups is 1. The predicted molar refractivity (Wildman–Crippen MR) is 118 cm³/mol. The summed E-state index contributed by atoms with van der Waals surface area (Å²) in [6.45, 7) is 12.2. The highest BCUT2D eigenvalue weighted by Gasteiger charge is 2.60. The molecule has 0 aromatic heterocycles. The topological polar surface area (TPSA) is 55.8 Å². The molecule has 4 heteroatoms. The fourth-order valence-corrected chi connectivity index (χ4v) is 8.42. The van der Waals surface area contributed by atoms with Crippen molar-refractivity contribution in [3.05, 3.63) is 11.6 Å². The van der Waals surface area contributed by atoms with Gasteiger partial charge in [0.05, 0.1) is 19.3 Å². The Morgan fingerprint density at radius 3 is 2.57 bits per heavy atom. The lowest BCUT2D eigenvalue weighted by molar-refractivity contribution is -0.0753. The van der Waals surface area contributed by atoms with Gasteiger partial charge in [0.15, 0.2) is 0 Å². The van der Waals surface area contributed by atoms with Crippen LogP contribution in [0.2, 0.25) is 0 Å². The first-order chi connectivity index (χ1) is 14.1. The van der Waals surface area contributed by atoms with Gasteiger partial charge in [-0.05, 0) is 92.8 Å². The van der Waals surface area contributed by atoms with Crippen molar-refractivity contribution in [1.82, 2.24) is 0 Å². The van der Waals surface area contributed by atoms with Gasteiger partial charge in [0, 0.05) is 5.41 Å². The highest BCUT2D eigenvalue weighted by atomic mass is 16.7. The Hall–Kier alpha value is -1.03. The maximum atomic E-state index is 11.5. The van der Waals surface area contributed by atoms with Crippen LogP contribution in [0, 0.1) is 39.9 Å². The van der Waals surface area contributed by atoms with Crippen LogP contribution in [0.15, 0.2) is 11.6 Å². The van der Waals surface area contributed by atoms with E-state index in [9.17, 15) is 9.90 Å². The van der Waals surface area contributed by atoms with E-state index in [0.29, 0.717) is 24.5 Å². The minimum atomic E-state index is -0.527. The van der Waals surface area contributed by atoms with E-state index in [-0.39, 0.29) is 16.9 Å².